The molecular formula is C23H24N2O5S2. The molecule has 1 unspecified atom stereocenters. The molecule has 2 amide bonds. The van der Waals surface area contributed by atoms with Crippen LogP contribution in [-0.4, -0.2) is 52.1 Å². The van der Waals surface area contributed by atoms with Gasteiger partial charge in [0.2, 0.25) is 5.91 Å². The molecule has 0 bridgehead atoms. The number of carbonyl (C=O) groups excluding carboxylic acids is 3. The molecule has 2 aromatic rings. The second-order valence-electron chi connectivity index (χ2n) is 7.35. The Hall–Kier alpha value is -2.78. The molecule has 0 aliphatic carbocycles. The summed E-state index contributed by atoms with van der Waals surface area (Å²) in [6, 6.07) is 15.7. The number of aliphatic carboxylic acids is 1. The van der Waals surface area contributed by atoms with Crippen molar-refractivity contribution in [3.8, 4) is 0 Å². The molecule has 1 aliphatic rings. The van der Waals surface area contributed by atoms with Crippen molar-refractivity contribution < 1.29 is 24.3 Å². The van der Waals surface area contributed by atoms with Crippen molar-refractivity contribution in [1.82, 2.24) is 5.32 Å². The molecule has 0 fully saturated rings. The number of carboxylic acids is 1. The van der Waals surface area contributed by atoms with Crippen molar-refractivity contribution in [3.05, 3.63) is 60.2 Å². The van der Waals surface area contributed by atoms with Gasteiger partial charge in [-0.1, -0.05) is 54.2 Å². The number of anilines is 1. The topological polar surface area (TPSA) is 104 Å². The molecule has 168 valence electrons. The summed E-state index contributed by atoms with van der Waals surface area (Å²) in [5, 5.41) is 12.1. The molecule has 0 radical (unpaired) electrons. The lowest BCUT2D eigenvalue weighted by atomic mass is 10.00. The molecule has 9 heteroatoms. The number of nitrogens with zero attached hydrogens (tertiary/aromatic N) is 1. The van der Waals surface area contributed by atoms with Crippen molar-refractivity contribution in [2.45, 2.75) is 24.3 Å². The van der Waals surface area contributed by atoms with Crippen molar-refractivity contribution in [2.24, 2.45) is 5.92 Å². The summed E-state index contributed by atoms with van der Waals surface area (Å²) in [5.74, 6) is -1.86. The lowest BCUT2D eigenvalue weighted by Gasteiger charge is -2.25. The Bertz CT molecular complexity index is 999. The molecule has 0 aromatic heterocycles. The number of fused-ring (bicyclic) bond motifs is 1. The summed E-state index contributed by atoms with van der Waals surface area (Å²) in [7, 11) is 0. The molecule has 0 saturated heterocycles. The minimum absolute atomic E-state index is 0.0833. The number of rotatable bonds is 8. The van der Waals surface area contributed by atoms with Crippen molar-refractivity contribution in [3.63, 3.8) is 0 Å². The van der Waals surface area contributed by atoms with Gasteiger partial charge in [-0.2, -0.15) is 0 Å². The van der Waals surface area contributed by atoms with E-state index >= 15 is 0 Å². The van der Waals surface area contributed by atoms with Crippen LogP contribution in [0, 0.1) is 5.92 Å². The lowest BCUT2D eigenvalue weighted by molar-refractivity contribution is -0.137. The van der Waals surface area contributed by atoms with Gasteiger partial charge in [0.1, 0.15) is 12.6 Å². The third-order valence-corrected chi connectivity index (χ3v) is 7.05. The molecule has 1 aliphatic heterocycles. The Morgan fingerprint density at radius 2 is 1.84 bits per heavy atom. The van der Waals surface area contributed by atoms with Gasteiger partial charge in [0, 0.05) is 23.3 Å². The minimum Gasteiger partial charge on any atom is -0.480 e. The maximum atomic E-state index is 13.2. The predicted molar refractivity (Wildman–Crippen MR) is 126 cm³/mol. The highest BCUT2D eigenvalue weighted by atomic mass is 32.2. The summed E-state index contributed by atoms with van der Waals surface area (Å²) < 4.78 is 0. The number of hydrogen-bond acceptors (Lipinski definition) is 6. The molecule has 0 saturated carbocycles. The standard InChI is InChI=1S/C23H24N2O5S2/c1-15(26)31-13-17(11-16-7-3-2-4-8-16)22(29)24-18-14-32-20-10-6-5-9-19(20)25(23(18)30)12-21(27)28/h2-10,17-18H,11-14H2,1H3,(H,24,29)(H,27,28)/t17-,18?/m0/s1. The molecular weight excluding hydrogens is 448 g/mol. The van der Waals surface area contributed by atoms with Gasteiger partial charge in [0.15, 0.2) is 5.12 Å². The Balaban J connectivity index is 1.79. The highest BCUT2D eigenvalue weighted by Crippen LogP contribution is 2.34. The van der Waals surface area contributed by atoms with Crippen LogP contribution in [-0.2, 0) is 25.6 Å². The predicted octanol–water partition coefficient (Wildman–Crippen LogP) is 2.83. The van der Waals surface area contributed by atoms with E-state index in [0.717, 1.165) is 22.2 Å². The zero-order valence-corrected chi connectivity index (χ0v) is 19.2. The highest BCUT2D eigenvalue weighted by molar-refractivity contribution is 8.13. The van der Waals surface area contributed by atoms with Crippen molar-refractivity contribution in [2.75, 3.05) is 23.0 Å². The Kier molecular flexibility index (Phi) is 8.35. The SMILES string of the molecule is CC(=O)SC[C@H](Cc1ccccc1)C(=O)NC1CSc2ccccc2N(CC(=O)O)C1=O. The fourth-order valence-electron chi connectivity index (χ4n) is 3.39. The van der Waals surface area contributed by atoms with Gasteiger partial charge in [-0.15, -0.1) is 11.8 Å². The Labute approximate surface area is 194 Å². The van der Waals surface area contributed by atoms with Crippen LogP contribution in [0.4, 0.5) is 5.69 Å². The van der Waals surface area contributed by atoms with E-state index in [1.807, 2.05) is 42.5 Å². The fraction of sp³-hybridized carbons (Fsp3) is 0.304. The second kappa shape index (κ2) is 11.2. The van der Waals surface area contributed by atoms with Gasteiger partial charge in [0.05, 0.1) is 11.6 Å². The maximum absolute atomic E-state index is 13.2. The van der Waals surface area contributed by atoms with E-state index < -0.39 is 30.4 Å². The largest absolute Gasteiger partial charge is 0.480 e. The zero-order valence-electron chi connectivity index (χ0n) is 17.5. The maximum Gasteiger partial charge on any atom is 0.323 e. The quantitative estimate of drug-likeness (QED) is 0.609. The van der Waals surface area contributed by atoms with E-state index in [2.05, 4.69) is 5.32 Å². The summed E-state index contributed by atoms with van der Waals surface area (Å²) in [6.45, 7) is 0.963. The van der Waals surface area contributed by atoms with Gasteiger partial charge < -0.3 is 10.4 Å². The van der Waals surface area contributed by atoms with Gasteiger partial charge in [0.25, 0.3) is 5.91 Å². The zero-order chi connectivity index (χ0) is 23.1. The summed E-state index contributed by atoms with van der Waals surface area (Å²) >= 11 is 2.47. The fourth-order valence-corrected chi connectivity index (χ4v) is 5.17. The number of amides is 2. The first-order valence-corrected chi connectivity index (χ1v) is 12.0. The van der Waals surface area contributed by atoms with Gasteiger partial charge in [-0.3, -0.25) is 24.1 Å². The van der Waals surface area contributed by atoms with Crippen LogP contribution in [0.2, 0.25) is 0 Å². The van der Waals surface area contributed by atoms with Crippen molar-refractivity contribution in [1.29, 1.82) is 0 Å². The number of carboxylic acid groups (broad SMARTS) is 1. The molecule has 0 spiro atoms. The van der Waals surface area contributed by atoms with E-state index in [9.17, 15) is 24.3 Å². The van der Waals surface area contributed by atoms with Crippen LogP contribution in [0.1, 0.15) is 12.5 Å². The summed E-state index contributed by atoms with van der Waals surface area (Å²) in [6.07, 6.45) is 0.431. The first-order chi connectivity index (χ1) is 15.3. The average Bonchev–Trinajstić information content (AvgIpc) is 2.89. The summed E-state index contributed by atoms with van der Waals surface area (Å²) in [4.78, 5) is 51.2. The number of nitrogens with one attached hydrogen (secondary N) is 1. The van der Waals surface area contributed by atoms with Crippen LogP contribution in [0.5, 0.6) is 0 Å². The minimum atomic E-state index is -1.13. The monoisotopic (exact) mass is 472 g/mol. The van der Waals surface area contributed by atoms with E-state index in [1.165, 1.54) is 23.6 Å². The molecule has 2 atom stereocenters. The molecule has 2 aromatic carbocycles. The smallest absolute Gasteiger partial charge is 0.323 e. The van der Waals surface area contributed by atoms with Gasteiger partial charge in [-0.05, 0) is 24.1 Å². The molecule has 1 heterocycles. The first-order valence-electron chi connectivity index (χ1n) is 10.1. The lowest BCUT2D eigenvalue weighted by Crippen LogP contribution is -2.52. The molecule has 2 N–H and O–H groups in total. The van der Waals surface area contributed by atoms with Gasteiger partial charge >= 0.3 is 5.97 Å². The Morgan fingerprint density at radius 1 is 1.16 bits per heavy atom. The molecule has 7 nitrogen and oxygen atoms in total. The highest BCUT2D eigenvalue weighted by Gasteiger charge is 2.34. The third kappa shape index (κ3) is 6.37. The second-order valence-corrected chi connectivity index (χ2v) is 9.61. The summed E-state index contributed by atoms with van der Waals surface area (Å²) in [5.41, 5.74) is 1.48. The van der Waals surface area contributed by atoms with E-state index in [1.54, 1.807) is 12.1 Å². The molecule has 3 rings (SSSR count). The van der Waals surface area contributed by atoms with Crippen LogP contribution >= 0.6 is 23.5 Å². The number of benzene rings is 2. The number of thioether (sulfide) groups is 2. The van der Waals surface area contributed by atoms with E-state index in [0.29, 0.717) is 17.9 Å². The van der Waals surface area contributed by atoms with Crippen LogP contribution < -0.4 is 10.2 Å². The number of hydrogen-bond donors (Lipinski definition) is 2. The Morgan fingerprint density at radius 3 is 2.53 bits per heavy atom. The van der Waals surface area contributed by atoms with Crippen LogP contribution in [0.15, 0.2) is 59.5 Å². The number of carbonyl (C=O) groups is 4. The number of para-hydroxylation sites is 1. The van der Waals surface area contributed by atoms with Crippen LogP contribution in [0.25, 0.3) is 0 Å². The molecule has 32 heavy (non-hydrogen) atoms. The van der Waals surface area contributed by atoms with E-state index in [-0.39, 0.29) is 16.8 Å². The average molecular weight is 473 g/mol. The van der Waals surface area contributed by atoms with Gasteiger partial charge in [-0.25, -0.2) is 0 Å². The third-order valence-electron chi connectivity index (χ3n) is 4.92. The van der Waals surface area contributed by atoms with E-state index in [4.69, 9.17) is 0 Å². The first kappa shape index (κ1) is 23.9. The van der Waals surface area contributed by atoms with Crippen molar-refractivity contribution >= 4 is 52.1 Å². The van der Waals surface area contributed by atoms with Crippen LogP contribution in [0.3, 0.4) is 0 Å². The normalized spacial score (nSPS) is 16.6.